The Kier molecular flexibility index (Phi) is 5.51. The lowest BCUT2D eigenvalue weighted by Gasteiger charge is -2.19. The Labute approximate surface area is 156 Å². The number of hydrogen-bond donors (Lipinski definition) is 1. The Bertz CT molecular complexity index is 868. The summed E-state index contributed by atoms with van der Waals surface area (Å²) in [4.78, 5) is 21.8. The van der Waals surface area contributed by atoms with Crippen molar-refractivity contribution in [2.75, 3.05) is 32.1 Å². The maximum Gasteiger partial charge on any atom is 0.270 e. The largest absolute Gasteiger partial charge is 0.340 e. The van der Waals surface area contributed by atoms with Crippen LogP contribution in [-0.2, 0) is 0 Å². The minimum absolute atomic E-state index is 0.0530. The van der Waals surface area contributed by atoms with Gasteiger partial charge in [-0.25, -0.2) is 4.98 Å². The van der Waals surface area contributed by atoms with E-state index in [1.54, 1.807) is 11.3 Å². The summed E-state index contributed by atoms with van der Waals surface area (Å²) in [5, 5.41) is 2.75. The van der Waals surface area contributed by atoms with Gasteiger partial charge in [0, 0.05) is 13.0 Å². The number of nitrogens with zero attached hydrogens (tertiary/aromatic N) is 2. The highest BCUT2D eigenvalue weighted by atomic mass is 32.1. The van der Waals surface area contributed by atoms with E-state index in [2.05, 4.69) is 40.1 Å². The number of aromatic nitrogens is 1. The average molecular weight is 375 g/mol. The molecule has 2 heterocycles. The molecule has 1 aromatic carbocycles. The molecule has 0 unspecified atom stereocenters. The minimum Gasteiger partial charge on any atom is -0.340 e. The number of thiophene rings is 1. The molecule has 2 aromatic heterocycles. The Balaban J connectivity index is 1.95. The molecule has 25 heavy (non-hydrogen) atoms. The van der Waals surface area contributed by atoms with Crippen LogP contribution in [0.15, 0.2) is 29.6 Å². The molecule has 0 fully saturated rings. The number of thiazole rings is 1. The molecule has 0 aliphatic heterocycles. The summed E-state index contributed by atoms with van der Waals surface area (Å²) < 4.78 is 1.15. The van der Waals surface area contributed by atoms with E-state index in [0.29, 0.717) is 6.54 Å². The summed E-state index contributed by atoms with van der Waals surface area (Å²) in [5.74, 6) is 0.0530. The lowest BCUT2D eigenvalue weighted by atomic mass is 10.1. The number of benzene rings is 1. The van der Waals surface area contributed by atoms with Gasteiger partial charge in [-0.1, -0.05) is 23.5 Å². The topological polar surface area (TPSA) is 37.6 Å². The number of amides is 1. The van der Waals surface area contributed by atoms with Gasteiger partial charge in [-0.05, 0) is 42.5 Å². The standard InChI is InChI=1S/C19H23N3OS2/c1-13-11-14(2)17-16(12-13)25-19(20-17)22(9-6-8-21(3)4)18(23)15-7-5-10-24-15/h5,7,10-12H,6,8-9H2,1-4H3/p+1. The molecule has 0 radical (unpaired) electrons. The SMILES string of the molecule is Cc1cc(C)c2nc(N(CCC[NH+](C)C)C(=O)c3cccs3)sc2c1. The van der Waals surface area contributed by atoms with Crippen molar-refractivity contribution in [1.82, 2.24) is 4.98 Å². The molecule has 6 heteroatoms. The highest BCUT2D eigenvalue weighted by molar-refractivity contribution is 7.22. The van der Waals surface area contributed by atoms with Gasteiger partial charge in [-0.15, -0.1) is 11.3 Å². The molecule has 1 N–H and O–H groups in total. The van der Waals surface area contributed by atoms with Gasteiger partial charge >= 0.3 is 0 Å². The number of rotatable bonds is 6. The molecule has 0 bridgehead atoms. The van der Waals surface area contributed by atoms with Crippen LogP contribution in [0.5, 0.6) is 0 Å². The zero-order valence-electron chi connectivity index (χ0n) is 15.1. The van der Waals surface area contributed by atoms with Crippen molar-refractivity contribution < 1.29 is 9.69 Å². The summed E-state index contributed by atoms with van der Waals surface area (Å²) in [6.07, 6.45) is 0.952. The fourth-order valence-corrected chi connectivity index (χ4v) is 4.72. The quantitative estimate of drug-likeness (QED) is 0.720. The second-order valence-corrected chi connectivity index (χ2v) is 8.63. The van der Waals surface area contributed by atoms with E-state index >= 15 is 0 Å². The van der Waals surface area contributed by atoms with E-state index in [1.807, 2.05) is 22.4 Å². The van der Waals surface area contributed by atoms with Gasteiger partial charge < -0.3 is 4.90 Å². The van der Waals surface area contributed by atoms with Gasteiger partial charge in [0.05, 0.1) is 35.7 Å². The Morgan fingerprint density at radius 1 is 1.28 bits per heavy atom. The summed E-state index contributed by atoms with van der Waals surface area (Å²) in [6, 6.07) is 8.11. The van der Waals surface area contributed by atoms with Crippen LogP contribution in [0.3, 0.4) is 0 Å². The smallest absolute Gasteiger partial charge is 0.270 e. The predicted octanol–water partition coefficient (Wildman–Crippen LogP) is 3.16. The van der Waals surface area contributed by atoms with E-state index in [9.17, 15) is 4.79 Å². The highest BCUT2D eigenvalue weighted by Gasteiger charge is 2.22. The first-order valence-electron chi connectivity index (χ1n) is 8.48. The Hall–Kier alpha value is -1.76. The number of anilines is 1. The first-order chi connectivity index (χ1) is 12.0. The van der Waals surface area contributed by atoms with Crippen LogP contribution in [0.2, 0.25) is 0 Å². The number of carbonyl (C=O) groups is 1. The van der Waals surface area contributed by atoms with E-state index in [0.717, 1.165) is 33.2 Å². The maximum atomic E-state index is 13.0. The van der Waals surface area contributed by atoms with Gasteiger partial charge in [0.1, 0.15) is 0 Å². The zero-order valence-corrected chi connectivity index (χ0v) is 16.8. The fourth-order valence-electron chi connectivity index (χ4n) is 2.88. The van der Waals surface area contributed by atoms with Crippen LogP contribution in [0, 0.1) is 13.8 Å². The number of quaternary nitrogens is 1. The molecule has 0 atom stereocenters. The third-order valence-electron chi connectivity index (χ3n) is 4.09. The second kappa shape index (κ2) is 7.64. The van der Waals surface area contributed by atoms with E-state index in [1.165, 1.54) is 27.4 Å². The summed E-state index contributed by atoms with van der Waals surface area (Å²) >= 11 is 3.10. The molecule has 1 amide bonds. The summed E-state index contributed by atoms with van der Waals surface area (Å²) in [6.45, 7) is 5.90. The molecular formula is C19H24N3OS2+. The first-order valence-corrected chi connectivity index (χ1v) is 10.2. The fraction of sp³-hybridized carbons (Fsp3) is 0.368. The lowest BCUT2D eigenvalue weighted by molar-refractivity contribution is -0.858. The molecule has 3 aromatic rings. The second-order valence-electron chi connectivity index (χ2n) is 6.67. The average Bonchev–Trinajstić information content (AvgIpc) is 3.20. The molecule has 0 saturated heterocycles. The monoisotopic (exact) mass is 374 g/mol. The van der Waals surface area contributed by atoms with Crippen LogP contribution in [-0.4, -0.2) is 38.1 Å². The first kappa shape index (κ1) is 18.0. The van der Waals surface area contributed by atoms with Crippen molar-refractivity contribution in [2.45, 2.75) is 20.3 Å². The van der Waals surface area contributed by atoms with Gasteiger partial charge in [-0.3, -0.25) is 9.69 Å². The molecule has 0 spiro atoms. The highest BCUT2D eigenvalue weighted by Crippen LogP contribution is 2.32. The molecule has 0 aliphatic rings. The van der Waals surface area contributed by atoms with Crippen LogP contribution in [0.4, 0.5) is 5.13 Å². The minimum atomic E-state index is 0.0530. The third-order valence-corrected chi connectivity index (χ3v) is 5.97. The maximum absolute atomic E-state index is 13.0. The van der Waals surface area contributed by atoms with Gasteiger partial charge in [0.25, 0.3) is 5.91 Å². The van der Waals surface area contributed by atoms with E-state index in [4.69, 9.17) is 4.98 Å². The predicted molar refractivity (Wildman–Crippen MR) is 107 cm³/mol. The molecule has 132 valence electrons. The van der Waals surface area contributed by atoms with Crippen molar-refractivity contribution in [3.63, 3.8) is 0 Å². The number of nitrogens with one attached hydrogen (secondary N) is 1. The Morgan fingerprint density at radius 3 is 2.76 bits per heavy atom. The molecule has 0 saturated carbocycles. The summed E-state index contributed by atoms with van der Waals surface area (Å²) in [7, 11) is 4.27. The van der Waals surface area contributed by atoms with E-state index in [-0.39, 0.29) is 5.91 Å². The third kappa shape index (κ3) is 4.08. The van der Waals surface area contributed by atoms with Crippen molar-refractivity contribution in [3.8, 4) is 0 Å². The lowest BCUT2D eigenvalue weighted by Crippen LogP contribution is -3.05. The van der Waals surface area contributed by atoms with Crippen LogP contribution < -0.4 is 9.80 Å². The van der Waals surface area contributed by atoms with Crippen molar-refractivity contribution in [3.05, 3.63) is 45.6 Å². The number of fused-ring (bicyclic) bond motifs is 1. The molecular weight excluding hydrogens is 350 g/mol. The van der Waals surface area contributed by atoms with E-state index < -0.39 is 0 Å². The van der Waals surface area contributed by atoms with Crippen molar-refractivity contribution >= 4 is 43.9 Å². The van der Waals surface area contributed by atoms with Gasteiger partial charge in [0.2, 0.25) is 0 Å². The van der Waals surface area contributed by atoms with Crippen LogP contribution in [0.25, 0.3) is 10.2 Å². The van der Waals surface area contributed by atoms with Gasteiger partial charge in [0.15, 0.2) is 5.13 Å². The van der Waals surface area contributed by atoms with Crippen LogP contribution >= 0.6 is 22.7 Å². The molecule has 3 rings (SSSR count). The number of aryl methyl sites for hydroxylation is 2. The van der Waals surface area contributed by atoms with Crippen molar-refractivity contribution in [1.29, 1.82) is 0 Å². The van der Waals surface area contributed by atoms with Gasteiger partial charge in [-0.2, -0.15) is 0 Å². The molecule has 0 aliphatic carbocycles. The normalized spacial score (nSPS) is 11.4. The molecule has 4 nitrogen and oxygen atoms in total. The van der Waals surface area contributed by atoms with Crippen LogP contribution in [0.1, 0.15) is 27.2 Å². The van der Waals surface area contributed by atoms with Crippen molar-refractivity contribution in [2.24, 2.45) is 0 Å². The summed E-state index contributed by atoms with van der Waals surface area (Å²) in [5.41, 5.74) is 3.40. The zero-order chi connectivity index (χ0) is 18.0. The Morgan fingerprint density at radius 2 is 2.08 bits per heavy atom. The number of hydrogen-bond acceptors (Lipinski definition) is 4. The number of carbonyl (C=O) groups excluding carboxylic acids is 1.